The van der Waals surface area contributed by atoms with Crippen LogP contribution in [0.3, 0.4) is 0 Å². The largest absolute Gasteiger partial charge is 0.375 e. The number of hydrogen-bond donors (Lipinski definition) is 1. The minimum Gasteiger partial charge on any atom is -0.375 e. The summed E-state index contributed by atoms with van der Waals surface area (Å²) < 4.78 is 37.3. The van der Waals surface area contributed by atoms with E-state index in [0.717, 1.165) is 40.7 Å². The maximum atomic E-state index is 12.9. The molecule has 1 aliphatic carbocycles. The van der Waals surface area contributed by atoms with Crippen molar-refractivity contribution in [1.29, 1.82) is 0 Å². The first kappa shape index (κ1) is 15.4. The molecule has 1 aromatic carbocycles. The number of hydrogen-bond acceptors (Lipinski definition) is 5. The molecule has 0 amide bonds. The smallest absolute Gasteiger partial charge is 0.273 e. The Kier molecular flexibility index (Phi) is 3.41. The molecule has 5 rings (SSSR count). The molecule has 0 unspecified atom stereocenters. The van der Waals surface area contributed by atoms with Crippen LogP contribution >= 0.6 is 11.3 Å². The average molecular weight is 375 g/mol. The zero-order valence-electron chi connectivity index (χ0n) is 13.4. The minimum atomic E-state index is -3.66. The van der Waals surface area contributed by atoms with Crippen LogP contribution in [-0.2, 0) is 27.8 Å². The number of anilines is 1. The first-order valence-corrected chi connectivity index (χ1v) is 10.6. The lowest BCUT2D eigenvalue weighted by molar-refractivity contribution is 0.106. The lowest BCUT2D eigenvalue weighted by atomic mass is 10.2. The van der Waals surface area contributed by atoms with E-state index in [-0.39, 0.29) is 0 Å². The molecular weight excluding hydrogens is 358 g/mol. The number of nitrogens with zero attached hydrogens (tertiary/aromatic N) is 2. The van der Waals surface area contributed by atoms with Gasteiger partial charge in [-0.15, -0.1) is 11.3 Å². The van der Waals surface area contributed by atoms with Gasteiger partial charge < -0.3 is 9.30 Å². The summed E-state index contributed by atoms with van der Waals surface area (Å²) in [6.45, 7) is 1.11. The van der Waals surface area contributed by atoms with Crippen LogP contribution in [0.2, 0.25) is 0 Å². The van der Waals surface area contributed by atoms with E-state index in [9.17, 15) is 8.42 Å². The van der Waals surface area contributed by atoms with Crippen LogP contribution in [0.1, 0.15) is 30.3 Å². The normalized spacial score (nSPS) is 17.6. The minimum absolute atomic E-state index is 0.313. The van der Waals surface area contributed by atoms with Crippen LogP contribution in [0, 0.1) is 0 Å². The van der Waals surface area contributed by atoms with Gasteiger partial charge in [0.15, 0.2) is 0 Å². The molecule has 0 bridgehead atoms. The van der Waals surface area contributed by atoms with Crippen LogP contribution in [0.15, 0.2) is 34.5 Å². The van der Waals surface area contributed by atoms with Crippen LogP contribution in [0.4, 0.5) is 5.95 Å². The van der Waals surface area contributed by atoms with Crippen LogP contribution in [0.25, 0.3) is 10.1 Å². The molecule has 6 nitrogen and oxygen atoms in total. The fourth-order valence-corrected chi connectivity index (χ4v) is 5.68. The zero-order chi connectivity index (χ0) is 17.0. The Hall–Kier alpha value is -1.90. The zero-order valence-corrected chi connectivity index (χ0v) is 15.1. The van der Waals surface area contributed by atoms with Gasteiger partial charge in [-0.2, -0.15) is 0 Å². The summed E-state index contributed by atoms with van der Waals surface area (Å²) in [5, 5.41) is 0.936. The summed E-state index contributed by atoms with van der Waals surface area (Å²) in [5.41, 5.74) is 1.97. The predicted molar refractivity (Wildman–Crippen MR) is 96.5 cm³/mol. The molecule has 2 aromatic heterocycles. The summed E-state index contributed by atoms with van der Waals surface area (Å²) in [5.74, 6) is 0.426. The van der Waals surface area contributed by atoms with E-state index in [0.29, 0.717) is 29.4 Å². The molecule has 3 aromatic rings. The highest BCUT2D eigenvalue weighted by molar-refractivity contribution is 7.94. The third-order valence-electron chi connectivity index (χ3n) is 4.62. The van der Waals surface area contributed by atoms with Crippen molar-refractivity contribution in [2.75, 3.05) is 11.3 Å². The second-order valence-corrected chi connectivity index (χ2v) is 9.43. The lowest BCUT2D eigenvalue weighted by Crippen LogP contribution is -2.17. The summed E-state index contributed by atoms with van der Waals surface area (Å²) in [6, 6.07) is 9.75. The molecule has 1 saturated carbocycles. The van der Waals surface area contributed by atoms with Crippen LogP contribution in [-0.4, -0.2) is 24.6 Å². The molecule has 3 heterocycles. The highest BCUT2D eigenvalue weighted by Crippen LogP contribution is 2.41. The number of ether oxygens (including phenoxy) is 1. The lowest BCUT2D eigenvalue weighted by Gasteiger charge is -2.15. The third kappa shape index (κ3) is 2.65. The molecule has 0 saturated heterocycles. The van der Waals surface area contributed by atoms with Gasteiger partial charge in [0.05, 0.1) is 18.9 Å². The van der Waals surface area contributed by atoms with Gasteiger partial charge in [-0.3, -0.25) is 0 Å². The van der Waals surface area contributed by atoms with Crippen LogP contribution in [0.5, 0.6) is 0 Å². The van der Waals surface area contributed by atoms with Crippen molar-refractivity contribution in [1.82, 2.24) is 9.55 Å². The molecule has 8 heteroatoms. The molecule has 130 valence electrons. The van der Waals surface area contributed by atoms with E-state index in [2.05, 4.69) is 14.3 Å². The highest BCUT2D eigenvalue weighted by atomic mass is 32.2. The molecule has 1 fully saturated rings. The van der Waals surface area contributed by atoms with Gasteiger partial charge in [-0.25, -0.2) is 18.1 Å². The molecule has 0 spiro atoms. The first-order chi connectivity index (χ1) is 12.1. The van der Waals surface area contributed by atoms with Gasteiger partial charge in [-0.05, 0) is 30.4 Å². The van der Waals surface area contributed by atoms with Gasteiger partial charge in [-0.1, -0.05) is 18.2 Å². The van der Waals surface area contributed by atoms with Gasteiger partial charge in [0.25, 0.3) is 10.0 Å². The van der Waals surface area contributed by atoms with Crippen molar-refractivity contribution < 1.29 is 13.2 Å². The number of imidazole rings is 1. The number of nitrogens with one attached hydrogen (secondary N) is 1. The topological polar surface area (TPSA) is 73.2 Å². The monoisotopic (exact) mass is 375 g/mol. The SMILES string of the molecule is O=S(=O)(Nc1nc2c(n1C1CC1)CCOC2)c1cc2ccccc2s1. The Morgan fingerprint density at radius 1 is 1.28 bits per heavy atom. The van der Waals surface area contributed by atoms with Gasteiger partial charge in [0.1, 0.15) is 4.21 Å². The Morgan fingerprint density at radius 2 is 2.12 bits per heavy atom. The number of rotatable bonds is 4. The Bertz CT molecular complexity index is 1030. The quantitative estimate of drug-likeness (QED) is 0.759. The van der Waals surface area contributed by atoms with Gasteiger partial charge in [0.2, 0.25) is 5.95 Å². The van der Waals surface area contributed by atoms with E-state index in [1.807, 2.05) is 24.3 Å². The van der Waals surface area contributed by atoms with E-state index < -0.39 is 10.0 Å². The van der Waals surface area contributed by atoms with E-state index in [4.69, 9.17) is 4.74 Å². The summed E-state index contributed by atoms with van der Waals surface area (Å²) in [6.07, 6.45) is 2.92. The summed E-state index contributed by atoms with van der Waals surface area (Å²) >= 11 is 1.28. The standard InChI is InChI=1S/C17H17N3O3S2/c21-25(22,16-9-11-3-1-2-4-15(11)24-16)19-17-18-13-10-23-8-7-14(13)20(17)12-5-6-12/h1-4,9,12H,5-8,10H2,(H,18,19). The van der Waals surface area contributed by atoms with Crippen molar-refractivity contribution >= 4 is 37.4 Å². The van der Waals surface area contributed by atoms with Crippen molar-refractivity contribution in [2.24, 2.45) is 0 Å². The molecule has 0 atom stereocenters. The number of thiophene rings is 1. The number of aromatic nitrogens is 2. The Labute approximate surface area is 149 Å². The van der Waals surface area contributed by atoms with Crippen molar-refractivity contribution in [3.05, 3.63) is 41.7 Å². The number of benzene rings is 1. The number of sulfonamides is 1. The van der Waals surface area contributed by atoms with E-state index >= 15 is 0 Å². The third-order valence-corrected chi connectivity index (χ3v) is 7.54. The second kappa shape index (κ2) is 5.55. The van der Waals surface area contributed by atoms with Crippen molar-refractivity contribution in [3.8, 4) is 0 Å². The molecular formula is C17H17N3O3S2. The van der Waals surface area contributed by atoms with E-state index in [1.54, 1.807) is 6.07 Å². The van der Waals surface area contributed by atoms with Gasteiger partial charge in [0, 0.05) is 22.9 Å². The fraction of sp³-hybridized carbons (Fsp3) is 0.353. The second-order valence-electron chi connectivity index (χ2n) is 6.44. The molecule has 2 aliphatic rings. The highest BCUT2D eigenvalue weighted by Gasteiger charge is 2.33. The fourth-order valence-electron chi connectivity index (χ4n) is 3.29. The number of fused-ring (bicyclic) bond motifs is 2. The predicted octanol–water partition coefficient (Wildman–Crippen LogP) is 3.31. The molecule has 0 radical (unpaired) electrons. The maximum absolute atomic E-state index is 12.9. The van der Waals surface area contributed by atoms with Gasteiger partial charge >= 0.3 is 0 Å². The molecule has 1 N–H and O–H groups in total. The van der Waals surface area contributed by atoms with E-state index in [1.165, 1.54) is 11.3 Å². The molecule has 25 heavy (non-hydrogen) atoms. The summed E-state index contributed by atoms with van der Waals surface area (Å²) in [7, 11) is -3.66. The Morgan fingerprint density at radius 3 is 2.92 bits per heavy atom. The summed E-state index contributed by atoms with van der Waals surface area (Å²) in [4.78, 5) is 4.53. The maximum Gasteiger partial charge on any atom is 0.273 e. The van der Waals surface area contributed by atoms with Crippen molar-refractivity contribution in [3.63, 3.8) is 0 Å². The Balaban J connectivity index is 1.55. The first-order valence-electron chi connectivity index (χ1n) is 8.31. The van der Waals surface area contributed by atoms with Crippen LogP contribution < -0.4 is 4.72 Å². The molecule has 1 aliphatic heterocycles. The van der Waals surface area contributed by atoms with Crippen molar-refractivity contribution in [2.45, 2.75) is 36.1 Å². The average Bonchev–Trinajstić information content (AvgIpc) is 3.21.